The molecule has 0 aliphatic carbocycles. The Bertz CT molecular complexity index is 988. The smallest absolute Gasteiger partial charge is 0.270 e. The summed E-state index contributed by atoms with van der Waals surface area (Å²) in [7, 11) is 3.62. The second-order valence-electron chi connectivity index (χ2n) is 8.15. The Morgan fingerprint density at radius 3 is 2.56 bits per heavy atom. The van der Waals surface area contributed by atoms with E-state index in [1.807, 2.05) is 46.8 Å². The fraction of sp³-hybridized carbons (Fsp3) is 0.348. The monoisotopic (exact) mass is 362 g/mol. The van der Waals surface area contributed by atoms with Gasteiger partial charge >= 0.3 is 0 Å². The minimum absolute atomic E-state index is 0.0464. The number of aromatic nitrogens is 1. The Balaban J connectivity index is 1.65. The normalized spacial score (nSPS) is 18.8. The van der Waals surface area contributed by atoms with Crippen molar-refractivity contribution in [2.24, 2.45) is 12.5 Å². The lowest BCUT2D eigenvalue weighted by Gasteiger charge is -2.25. The summed E-state index contributed by atoms with van der Waals surface area (Å²) in [5.74, 6) is 1.25. The van der Waals surface area contributed by atoms with Crippen molar-refractivity contribution in [2.45, 2.75) is 19.8 Å². The zero-order valence-electron chi connectivity index (χ0n) is 16.4. The summed E-state index contributed by atoms with van der Waals surface area (Å²) in [6, 6.07) is 18.4. The van der Waals surface area contributed by atoms with Crippen LogP contribution < -0.4 is 4.74 Å². The Labute approximate surface area is 160 Å². The van der Waals surface area contributed by atoms with Crippen LogP contribution in [0.1, 0.15) is 35.8 Å². The molecule has 140 valence electrons. The van der Waals surface area contributed by atoms with Gasteiger partial charge in [0, 0.05) is 37.0 Å². The molecule has 1 saturated heterocycles. The van der Waals surface area contributed by atoms with Crippen LogP contribution in [0.2, 0.25) is 0 Å². The van der Waals surface area contributed by atoms with Gasteiger partial charge < -0.3 is 14.2 Å². The molecule has 4 heteroatoms. The van der Waals surface area contributed by atoms with E-state index in [4.69, 9.17) is 4.74 Å². The lowest BCUT2D eigenvalue weighted by molar-refractivity contribution is 0.0769. The average Bonchev–Trinajstić information content (AvgIpc) is 3.17. The summed E-state index contributed by atoms with van der Waals surface area (Å²) in [5.41, 5.74) is 3.12. The van der Waals surface area contributed by atoms with Gasteiger partial charge in [-0.2, -0.15) is 0 Å². The summed E-state index contributed by atoms with van der Waals surface area (Å²) in [5, 5.41) is 1.03. The van der Waals surface area contributed by atoms with Gasteiger partial charge in [-0.1, -0.05) is 44.2 Å². The third kappa shape index (κ3) is 2.99. The minimum Gasteiger partial charge on any atom is -0.497 e. The number of fused-ring (bicyclic) bond motifs is 1. The molecule has 0 radical (unpaired) electrons. The Hall–Kier alpha value is -2.75. The van der Waals surface area contributed by atoms with Gasteiger partial charge in [0.15, 0.2) is 0 Å². The van der Waals surface area contributed by atoms with Gasteiger partial charge in [0.2, 0.25) is 0 Å². The molecule has 0 bridgehead atoms. The maximum atomic E-state index is 13.3. The summed E-state index contributed by atoms with van der Waals surface area (Å²) >= 11 is 0. The van der Waals surface area contributed by atoms with Gasteiger partial charge in [0.1, 0.15) is 11.4 Å². The number of methoxy groups -OCH3 is 1. The number of carbonyl (C=O) groups excluding carboxylic acids is 1. The number of hydrogen-bond acceptors (Lipinski definition) is 2. The predicted molar refractivity (Wildman–Crippen MR) is 108 cm³/mol. The molecule has 1 aliphatic rings. The Morgan fingerprint density at radius 1 is 1.11 bits per heavy atom. The van der Waals surface area contributed by atoms with E-state index in [9.17, 15) is 4.79 Å². The number of aryl methyl sites for hydroxylation is 1. The highest BCUT2D eigenvalue weighted by Gasteiger charge is 2.42. The Morgan fingerprint density at radius 2 is 1.85 bits per heavy atom. The standard InChI is InChI=1S/C23H26N2O2/c1-23(2)15-25(14-19(23)16-8-6-5-7-9-16)22(26)21-13-17-12-18(27-4)10-11-20(17)24(21)3/h5-13,19H,14-15H2,1-4H3/t19-/m0/s1. The molecule has 1 fully saturated rings. The SMILES string of the molecule is COc1ccc2c(c1)cc(C(=O)N1C[C@@H](c3ccccc3)C(C)(C)C1)n2C. The van der Waals surface area contributed by atoms with Crippen LogP contribution in [0.5, 0.6) is 5.75 Å². The first-order chi connectivity index (χ1) is 12.9. The van der Waals surface area contributed by atoms with E-state index in [1.54, 1.807) is 7.11 Å². The van der Waals surface area contributed by atoms with Crippen LogP contribution in [-0.4, -0.2) is 35.6 Å². The largest absolute Gasteiger partial charge is 0.497 e. The number of hydrogen-bond donors (Lipinski definition) is 0. The molecule has 2 aromatic carbocycles. The van der Waals surface area contributed by atoms with Gasteiger partial charge in [-0.15, -0.1) is 0 Å². The fourth-order valence-corrected chi connectivity index (χ4v) is 4.35. The lowest BCUT2D eigenvalue weighted by atomic mass is 9.78. The highest BCUT2D eigenvalue weighted by molar-refractivity contribution is 5.99. The topological polar surface area (TPSA) is 34.5 Å². The molecule has 1 amide bonds. The van der Waals surface area contributed by atoms with Crippen molar-refractivity contribution in [1.29, 1.82) is 0 Å². The average molecular weight is 362 g/mol. The van der Waals surface area contributed by atoms with Crippen LogP contribution in [0.25, 0.3) is 10.9 Å². The summed E-state index contributed by atoms with van der Waals surface area (Å²) < 4.78 is 7.30. The van der Waals surface area contributed by atoms with Gasteiger partial charge in [0.05, 0.1) is 7.11 Å². The number of rotatable bonds is 3. The maximum absolute atomic E-state index is 13.3. The molecule has 1 aliphatic heterocycles. The number of amides is 1. The van der Waals surface area contributed by atoms with Crippen molar-refractivity contribution in [1.82, 2.24) is 9.47 Å². The van der Waals surface area contributed by atoms with Crippen molar-refractivity contribution in [3.8, 4) is 5.75 Å². The summed E-state index contributed by atoms with van der Waals surface area (Å²) in [6.45, 7) is 6.02. The van der Waals surface area contributed by atoms with Crippen LogP contribution in [0.4, 0.5) is 0 Å². The van der Waals surface area contributed by atoms with Crippen LogP contribution in [0.3, 0.4) is 0 Å². The molecule has 27 heavy (non-hydrogen) atoms. The number of benzene rings is 2. The number of likely N-dealkylation sites (tertiary alicyclic amines) is 1. The molecule has 3 aromatic rings. The first-order valence-corrected chi connectivity index (χ1v) is 9.38. The zero-order chi connectivity index (χ0) is 19.2. The third-order valence-electron chi connectivity index (χ3n) is 5.90. The molecule has 0 spiro atoms. The first-order valence-electron chi connectivity index (χ1n) is 9.38. The van der Waals surface area contributed by atoms with E-state index in [0.717, 1.165) is 35.4 Å². The van der Waals surface area contributed by atoms with Gasteiger partial charge in [0.25, 0.3) is 5.91 Å². The molecule has 4 rings (SSSR count). The second-order valence-corrected chi connectivity index (χ2v) is 8.15. The van der Waals surface area contributed by atoms with Gasteiger partial charge in [-0.25, -0.2) is 0 Å². The van der Waals surface area contributed by atoms with Crippen LogP contribution >= 0.6 is 0 Å². The zero-order valence-corrected chi connectivity index (χ0v) is 16.4. The van der Waals surface area contributed by atoms with Gasteiger partial charge in [-0.05, 0) is 35.2 Å². The molecule has 2 heterocycles. The fourth-order valence-electron chi connectivity index (χ4n) is 4.35. The van der Waals surface area contributed by atoms with Crippen molar-refractivity contribution in [2.75, 3.05) is 20.2 Å². The van der Waals surface area contributed by atoms with Crippen LogP contribution in [0.15, 0.2) is 54.6 Å². The molecule has 4 nitrogen and oxygen atoms in total. The van der Waals surface area contributed by atoms with Gasteiger partial charge in [-0.3, -0.25) is 4.79 Å². The van der Waals surface area contributed by atoms with E-state index in [2.05, 4.69) is 38.1 Å². The van der Waals surface area contributed by atoms with Crippen LogP contribution in [-0.2, 0) is 7.05 Å². The second kappa shape index (κ2) is 6.45. The van der Waals surface area contributed by atoms with E-state index in [1.165, 1.54) is 5.56 Å². The quantitative estimate of drug-likeness (QED) is 0.690. The highest BCUT2D eigenvalue weighted by Crippen LogP contribution is 2.42. The number of carbonyl (C=O) groups is 1. The third-order valence-corrected chi connectivity index (χ3v) is 5.90. The molecule has 0 N–H and O–H groups in total. The number of nitrogens with zero attached hydrogens (tertiary/aromatic N) is 2. The number of ether oxygens (including phenoxy) is 1. The van der Waals surface area contributed by atoms with E-state index < -0.39 is 0 Å². The Kier molecular flexibility index (Phi) is 4.22. The van der Waals surface area contributed by atoms with Crippen molar-refractivity contribution < 1.29 is 9.53 Å². The predicted octanol–water partition coefficient (Wildman–Crippen LogP) is 4.45. The first kappa shape index (κ1) is 17.7. The van der Waals surface area contributed by atoms with Crippen molar-refractivity contribution in [3.05, 3.63) is 65.9 Å². The van der Waals surface area contributed by atoms with E-state index in [0.29, 0.717) is 5.92 Å². The summed E-state index contributed by atoms with van der Waals surface area (Å²) in [4.78, 5) is 15.3. The van der Waals surface area contributed by atoms with Crippen molar-refractivity contribution in [3.63, 3.8) is 0 Å². The maximum Gasteiger partial charge on any atom is 0.270 e. The molecule has 1 aromatic heterocycles. The summed E-state index contributed by atoms with van der Waals surface area (Å²) in [6.07, 6.45) is 0. The molecule has 0 unspecified atom stereocenters. The minimum atomic E-state index is 0.0464. The highest BCUT2D eigenvalue weighted by atomic mass is 16.5. The van der Waals surface area contributed by atoms with E-state index in [-0.39, 0.29) is 11.3 Å². The van der Waals surface area contributed by atoms with Crippen LogP contribution in [0, 0.1) is 5.41 Å². The molecular weight excluding hydrogens is 336 g/mol. The molecular formula is C23H26N2O2. The van der Waals surface area contributed by atoms with E-state index >= 15 is 0 Å². The lowest BCUT2D eigenvalue weighted by Crippen LogP contribution is -2.31. The molecule has 1 atom stereocenters. The molecule has 0 saturated carbocycles. The van der Waals surface area contributed by atoms with Crippen molar-refractivity contribution >= 4 is 16.8 Å².